The molecular weight excluding hydrogens is 605 g/mol. The molecule has 0 spiro atoms. The van der Waals surface area contributed by atoms with Gasteiger partial charge < -0.3 is 10.2 Å². The van der Waals surface area contributed by atoms with Crippen LogP contribution in [0.15, 0.2) is 66.7 Å². The minimum atomic E-state index is -3.93. The van der Waals surface area contributed by atoms with Crippen molar-refractivity contribution in [2.45, 2.75) is 39.8 Å². The minimum absolute atomic E-state index is 0.115. The molecule has 0 aromatic heterocycles. The van der Waals surface area contributed by atoms with Gasteiger partial charge in [-0.15, -0.1) is 0 Å². The van der Waals surface area contributed by atoms with Crippen molar-refractivity contribution in [2.24, 2.45) is 5.92 Å². The maximum absolute atomic E-state index is 14.2. The molecule has 1 N–H and O–H groups in total. The molecule has 0 unspecified atom stereocenters. The van der Waals surface area contributed by atoms with Crippen LogP contribution < -0.4 is 9.62 Å². The first kappa shape index (κ1) is 32.7. The van der Waals surface area contributed by atoms with E-state index in [1.807, 2.05) is 44.2 Å². The Morgan fingerprint density at radius 3 is 2.15 bits per heavy atom. The standard InChI is InChI=1S/C30H34Cl3N3O4S/c1-20(2)17-34-30(38)28(15-22-9-6-5-7-10-22)35(18-24-25(32)11-8-12-26(24)33)29(37)19-36(41(4,39)40)27-16-23(31)14-13-21(27)3/h5-14,16,20,28H,15,17-19H2,1-4H3,(H,34,38)/t28-/m0/s1. The first-order valence-electron chi connectivity index (χ1n) is 13.1. The SMILES string of the molecule is Cc1ccc(Cl)cc1N(CC(=O)N(Cc1c(Cl)cccc1Cl)[C@@H](Cc1ccccc1)C(=O)NCC(C)C)S(C)(=O)=O. The van der Waals surface area contributed by atoms with Gasteiger partial charge in [0.25, 0.3) is 0 Å². The van der Waals surface area contributed by atoms with Gasteiger partial charge >= 0.3 is 0 Å². The Labute approximate surface area is 257 Å². The topological polar surface area (TPSA) is 86.8 Å². The Bertz CT molecular complexity index is 1460. The normalized spacial score (nSPS) is 12.2. The van der Waals surface area contributed by atoms with Crippen molar-refractivity contribution in [3.05, 3.63) is 98.5 Å². The molecule has 3 aromatic rings. The van der Waals surface area contributed by atoms with E-state index in [0.29, 0.717) is 32.7 Å². The molecular formula is C30H34Cl3N3O4S. The smallest absolute Gasteiger partial charge is 0.244 e. The molecule has 0 bridgehead atoms. The van der Waals surface area contributed by atoms with Crippen molar-refractivity contribution < 1.29 is 18.0 Å². The number of halogens is 3. The van der Waals surface area contributed by atoms with Crippen LogP contribution in [0.1, 0.15) is 30.5 Å². The van der Waals surface area contributed by atoms with Crippen LogP contribution in [-0.4, -0.2) is 50.5 Å². The summed E-state index contributed by atoms with van der Waals surface area (Å²) in [5.74, 6) is -0.805. The van der Waals surface area contributed by atoms with Crippen LogP contribution in [0.3, 0.4) is 0 Å². The predicted octanol–water partition coefficient (Wildman–Crippen LogP) is 6.13. The molecule has 0 saturated heterocycles. The third-order valence-electron chi connectivity index (χ3n) is 6.46. The molecule has 11 heteroatoms. The fraction of sp³-hybridized carbons (Fsp3) is 0.333. The van der Waals surface area contributed by atoms with Gasteiger partial charge in [-0.25, -0.2) is 8.42 Å². The zero-order valence-corrected chi connectivity index (χ0v) is 26.5. The van der Waals surface area contributed by atoms with Gasteiger partial charge in [-0.1, -0.05) is 91.1 Å². The summed E-state index contributed by atoms with van der Waals surface area (Å²) in [4.78, 5) is 29.2. The van der Waals surface area contributed by atoms with Crippen LogP contribution >= 0.6 is 34.8 Å². The van der Waals surface area contributed by atoms with Gasteiger partial charge in [0.1, 0.15) is 12.6 Å². The molecule has 3 rings (SSSR count). The van der Waals surface area contributed by atoms with Crippen LogP contribution in [0.25, 0.3) is 0 Å². The Morgan fingerprint density at radius 1 is 0.927 bits per heavy atom. The summed E-state index contributed by atoms with van der Waals surface area (Å²) in [5, 5.41) is 3.90. The molecule has 0 heterocycles. The number of nitrogens with zero attached hydrogens (tertiary/aromatic N) is 2. The van der Waals surface area contributed by atoms with E-state index in [9.17, 15) is 18.0 Å². The molecule has 0 aliphatic carbocycles. The number of sulfonamides is 1. The summed E-state index contributed by atoms with van der Waals surface area (Å²) >= 11 is 19.2. The van der Waals surface area contributed by atoms with Crippen molar-refractivity contribution in [1.82, 2.24) is 10.2 Å². The van der Waals surface area contributed by atoms with Crippen LogP contribution in [-0.2, 0) is 32.6 Å². The number of hydrogen-bond donors (Lipinski definition) is 1. The molecule has 220 valence electrons. The highest BCUT2D eigenvalue weighted by Crippen LogP contribution is 2.29. The summed E-state index contributed by atoms with van der Waals surface area (Å²) in [5.41, 5.74) is 2.16. The van der Waals surface area contributed by atoms with E-state index in [2.05, 4.69) is 5.32 Å². The monoisotopic (exact) mass is 637 g/mol. The van der Waals surface area contributed by atoms with Gasteiger partial charge in [0, 0.05) is 40.1 Å². The van der Waals surface area contributed by atoms with Gasteiger partial charge in [0.05, 0.1) is 11.9 Å². The number of rotatable bonds is 12. The number of carbonyl (C=O) groups is 2. The van der Waals surface area contributed by atoms with Crippen LogP contribution in [0.5, 0.6) is 0 Å². The second kappa shape index (κ2) is 14.4. The largest absolute Gasteiger partial charge is 0.354 e. The van der Waals surface area contributed by atoms with E-state index in [4.69, 9.17) is 34.8 Å². The van der Waals surface area contributed by atoms with Gasteiger partial charge in [-0.05, 0) is 48.2 Å². The Balaban J connectivity index is 2.12. The molecule has 0 radical (unpaired) electrons. The number of nitrogens with one attached hydrogen (secondary N) is 1. The highest BCUT2D eigenvalue weighted by molar-refractivity contribution is 7.92. The third-order valence-corrected chi connectivity index (χ3v) is 8.53. The van der Waals surface area contributed by atoms with Crippen molar-refractivity contribution >= 4 is 62.3 Å². The zero-order chi connectivity index (χ0) is 30.3. The number of amides is 2. The van der Waals surface area contributed by atoms with Crippen molar-refractivity contribution in [2.75, 3.05) is 23.7 Å². The lowest BCUT2D eigenvalue weighted by Crippen LogP contribution is -2.53. The quantitative estimate of drug-likeness (QED) is 0.259. The number of hydrogen-bond acceptors (Lipinski definition) is 4. The highest BCUT2D eigenvalue weighted by Gasteiger charge is 2.34. The van der Waals surface area contributed by atoms with E-state index in [1.165, 1.54) is 11.0 Å². The molecule has 2 amide bonds. The summed E-state index contributed by atoms with van der Waals surface area (Å²) in [7, 11) is -3.93. The molecule has 0 aliphatic heterocycles. The number of benzene rings is 3. The van der Waals surface area contributed by atoms with Crippen LogP contribution in [0.4, 0.5) is 5.69 Å². The number of aryl methyl sites for hydroxylation is 1. The predicted molar refractivity (Wildman–Crippen MR) is 167 cm³/mol. The summed E-state index contributed by atoms with van der Waals surface area (Å²) in [6, 6.07) is 18.1. The maximum atomic E-state index is 14.2. The van der Waals surface area contributed by atoms with Gasteiger partial charge in [-0.2, -0.15) is 0 Å². The molecule has 0 fully saturated rings. The van der Waals surface area contributed by atoms with E-state index in [-0.39, 0.29) is 30.5 Å². The Morgan fingerprint density at radius 2 is 1.56 bits per heavy atom. The number of carbonyl (C=O) groups excluding carboxylic acids is 2. The fourth-order valence-electron chi connectivity index (χ4n) is 4.28. The highest BCUT2D eigenvalue weighted by atomic mass is 35.5. The first-order chi connectivity index (χ1) is 19.3. The molecule has 41 heavy (non-hydrogen) atoms. The zero-order valence-electron chi connectivity index (χ0n) is 23.4. The molecule has 7 nitrogen and oxygen atoms in total. The van der Waals surface area contributed by atoms with Gasteiger partial charge in [-0.3, -0.25) is 13.9 Å². The lowest BCUT2D eigenvalue weighted by Gasteiger charge is -2.34. The lowest BCUT2D eigenvalue weighted by molar-refractivity contribution is -0.140. The van der Waals surface area contributed by atoms with Crippen molar-refractivity contribution in [3.63, 3.8) is 0 Å². The second-order valence-electron chi connectivity index (χ2n) is 10.3. The Hall–Kier alpha value is -2.78. The molecule has 0 aliphatic rings. The van der Waals surface area contributed by atoms with Crippen LogP contribution in [0.2, 0.25) is 15.1 Å². The van der Waals surface area contributed by atoms with Crippen molar-refractivity contribution in [1.29, 1.82) is 0 Å². The number of anilines is 1. The average Bonchev–Trinajstić information content (AvgIpc) is 2.90. The summed E-state index contributed by atoms with van der Waals surface area (Å²) < 4.78 is 27.0. The second-order valence-corrected chi connectivity index (χ2v) is 13.4. The van der Waals surface area contributed by atoms with Gasteiger partial charge in [0.15, 0.2) is 0 Å². The van der Waals surface area contributed by atoms with E-state index in [0.717, 1.165) is 16.1 Å². The summed E-state index contributed by atoms with van der Waals surface area (Å²) in [6.07, 6.45) is 1.21. The summed E-state index contributed by atoms with van der Waals surface area (Å²) in [6.45, 7) is 5.39. The van der Waals surface area contributed by atoms with E-state index < -0.39 is 28.5 Å². The minimum Gasteiger partial charge on any atom is -0.354 e. The maximum Gasteiger partial charge on any atom is 0.244 e. The third kappa shape index (κ3) is 9.10. The molecule has 0 saturated carbocycles. The lowest BCUT2D eigenvalue weighted by atomic mass is 10.0. The van der Waals surface area contributed by atoms with E-state index in [1.54, 1.807) is 37.3 Å². The van der Waals surface area contributed by atoms with E-state index >= 15 is 0 Å². The van der Waals surface area contributed by atoms with Gasteiger partial charge in [0.2, 0.25) is 21.8 Å². The average molecular weight is 639 g/mol. The molecule has 3 aromatic carbocycles. The van der Waals surface area contributed by atoms with Crippen molar-refractivity contribution in [3.8, 4) is 0 Å². The molecule has 1 atom stereocenters. The fourth-order valence-corrected chi connectivity index (χ4v) is 5.86. The Kier molecular flexibility index (Phi) is 11.5. The van der Waals surface area contributed by atoms with Crippen LogP contribution in [0, 0.1) is 12.8 Å². The first-order valence-corrected chi connectivity index (χ1v) is 16.0.